The zero-order chi connectivity index (χ0) is 12.2. The van der Waals surface area contributed by atoms with E-state index >= 15 is 0 Å². The Morgan fingerprint density at radius 1 is 1.38 bits per heavy atom. The topological polar surface area (TPSA) is 38.5 Å². The van der Waals surface area contributed by atoms with Crippen LogP contribution in [0.1, 0.15) is 6.92 Å². The van der Waals surface area contributed by atoms with Crippen molar-refractivity contribution in [3.8, 4) is 5.75 Å². The van der Waals surface area contributed by atoms with E-state index in [4.69, 9.17) is 22.1 Å². The van der Waals surface area contributed by atoms with E-state index in [9.17, 15) is 0 Å². The van der Waals surface area contributed by atoms with Crippen LogP contribution < -0.4 is 10.5 Å². The highest BCUT2D eigenvalue weighted by Crippen LogP contribution is 2.24. The molecule has 0 aliphatic carbocycles. The minimum atomic E-state index is -0.181. The predicted molar refractivity (Wildman–Crippen MR) is 68.1 cm³/mol. The van der Waals surface area contributed by atoms with Gasteiger partial charge < -0.3 is 10.5 Å². The maximum Gasteiger partial charge on any atom is 0.137 e. The van der Waals surface area contributed by atoms with E-state index in [0.717, 1.165) is 0 Å². The minimum absolute atomic E-state index is 0.181. The van der Waals surface area contributed by atoms with Crippen LogP contribution in [0.2, 0.25) is 5.02 Å². The molecule has 16 heavy (non-hydrogen) atoms. The first kappa shape index (κ1) is 13.3. The molecule has 1 atom stereocenters. The fraction of sp³-hybridized carbons (Fsp3) is 0.500. The number of rotatable bonds is 5. The second-order valence-corrected chi connectivity index (χ2v) is 4.72. The first-order valence-corrected chi connectivity index (χ1v) is 5.62. The van der Waals surface area contributed by atoms with Crippen molar-refractivity contribution < 1.29 is 4.74 Å². The molecule has 0 amide bonds. The average Bonchev–Trinajstić information content (AvgIpc) is 2.27. The Morgan fingerprint density at radius 2 is 2.00 bits per heavy atom. The van der Waals surface area contributed by atoms with Gasteiger partial charge in [0.15, 0.2) is 0 Å². The van der Waals surface area contributed by atoms with Gasteiger partial charge >= 0.3 is 0 Å². The van der Waals surface area contributed by atoms with Crippen LogP contribution in [0.25, 0.3) is 0 Å². The molecule has 1 unspecified atom stereocenters. The van der Waals surface area contributed by atoms with Gasteiger partial charge in [-0.05, 0) is 33.2 Å². The van der Waals surface area contributed by atoms with E-state index in [1.807, 2.05) is 38.4 Å². The van der Waals surface area contributed by atoms with Crippen molar-refractivity contribution in [3.63, 3.8) is 0 Å². The summed E-state index contributed by atoms with van der Waals surface area (Å²) in [5, 5.41) is 0.626. The van der Waals surface area contributed by atoms with Crippen LogP contribution in [0, 0.1) is 0 Å². The average molecular weight is 243 g/mol. The van der Waals surface area contributed by atoms with Crippen LogP contribution in [0.3, 0.4) is 0 Å². The summed E-state index contributed by atoms with van der Waals surface area (Å²) in [6.45, 7) is 3.11. The smallest absolute Gasteiger partial charge is 0.137 e. The van der Waals surface area contributed by atoms with Gasteiger partial charge in [-0.2, -0.15) is 0 Å². The van der Waals surface area contributed by atoms with Crippen molar-refractivity contribution in [2.24, 2.45) is 5.73 Å². The fourth-order valence-corrected chi connectivity index (χ4v) is 1.36. The van der Waals surface area contributed by atoms with E-state index < -0.39 is 0 Å². The van der Waals surface area contributed by atoms with Crippen LogP contribution in [0.4, 0.5) is 0 Å². The Kier molecular flexibility index (Phi) is 4.59. The second-order valence-electron chi connectivity index (χ2n) is 4.31. The van der Waals surface area contributed by atoms with E-state index in [2.05, 4.69) is 11.8 Å². The molecule has 0 spiro atoms. The zero-order valence-electron chi connectivity index (χ0n) is 10.0. The molecular formula is C12H19ClN2O. The molecule has 0 saturated carbocycles. The molecule has 0 bridgehead atoms. The van der Waals surface area contributed by atoms with Gasteiger partial charge in [0, 0.05) is 6.54 Å². The van der Waals surface area contributed by atoms with Gasteiger partial charge in [0.1, 0.15) is 12.4 Å². The summed E-state index contributed by atoms with van der Waals surface area (Å²) >= 11 is 6.01. The number of para-hydroxylation sites is 1. The van der Waals surface area contributed by atoms with Gasteiger partial charge in [-0.25, -0.2) is 0 Å². The molecule has 1 aromatic carbocycles. The molecular weight excluding hydrogens is 224 g/mol. The van der Waals surface area contributed by atoms with Gasteiger partial charge in [-0.3, -0.25) is 4.90 Å². The lowest BCUT2D eigenvalue weighted by Gasteiger charge is -2.34. The van der Waals surface area contributed by atoms with Crippen LogP contribution in [-0.2, 0) is 0 Å². The summed E-state index contributed by atoms with van der Waals surface area (Å²) in [6, 6.07) is 7.45. The number of nitrogens with zero attached hydrogens (tertiary/aromatic N) is 1. The molecule has 4 heteroatoms. The normalized spacial score (nSPS) is 14.9. The quantitative estimate of drug-likeness (QED) is 0.859. The third kappa shape index (κ3) is 3.11. The molecule has 1 rings (SSSR count). The summed E-state index contributed by atoms with van der Waals surface area (Å²) in [5.41, 5.74) is 5.57. The first-order valence-electron chi connectivity index (χ1n) is 5.24. The van der Waals surface area contributed by atoms with Gasteiger partial charge in [0.05, 0.1) is 10.6 Å². The monoisotopic (exact) mass is 242 g/mol. The van der Waals surface area contributed by atoms with E-state index in [0.29, 0.717) is 23.9 Å². The summed E-state index contributed by atoms with van der Waals surface area (Å²) < 4.78 is 5.70. The van der Waals surface area contributed by atoms with Gasteiger partial charge in [-0.1, -0.05) is 23.7 Å². The zero-order valence-corrected chi connectivity index (χ0v) is 10.8. The van der Waals surface area contributed by atoms with Crippen molar-refractivity contribution >= 4 is 11.6 Å². The standard InChI is InChI=1S/C12H19ClN2O/c1-12(8-14,15(2)3)9-16-11-7-5-4-6-10(11)13/h4-7H,8-9,14H2,1-3H3. The second kappa shape index (κ2) is 5.53. The lowest BCUT2D eigenvalue weighted by Crippen LogP contribution is -2.52. The number of likely N-dealkylation sites (N-methyl/N-ethyl adjacent to an activating group) is 1. The number of benzene rings is 1. The predicted octanol–water partition coefficient (Wildman–Crippen LogP) is 2.00. The van der Waals surface area contributed by atoms with Crippen LogP contribution in [0.15, 0.2) is 24.3 Å². The molecule has 0 aromatic heterocycles. The number of halogens is 1. The van der Waals surface area contributed by atoms with Crippen LogP contribution in [-0.4, -0.2) is 37.7 Å². The first-order chi connectivity index (χ1) is 7.49. The van der Waals surface area contributed by atoms with Crippen molar-refractivity contribution in [3.05, 3.63) is 29.3 Å². The third-order valence-electron chi connectivity index (χ3n) is 2.89. The molecule has 0 aliphatic heterocycles. The summed E-state index contributed by atoms with van der Waals surface area (Å²) in [4.78, 5) is 2.06. The van der Waals surface area contributed by atoms with Gasteiger partial charge in [-0.15, -0.1) is 0 Å². The largest absolute Gasteiger partial charge is 0.490 e. The summed E-state index contributed by atoms with van der Waals surface area (Å²) in [6.07, 6.45) is 0. The molecule has 90 valence electrons. The number of nitrogens with two attached hydrogens (primary N) is 1. The highest BCUT2D eigenvalue weighted by molar-refractivity contribution is 6.32. The maximum atomic E-state index is 6.01. The summed E-state index contributed by atoms with van der Waals surface area (Å²) in [5.74, 6) is 0.700. The highest BCUT2D eigenvalue weighted by Gasteiger charge is 2.26. The Morgan fingerprint density at radius 3 is 2.50 bits per heavy atom. The van der Waals surface area contributed by atoms with Crippen molar-refractivity contribution in [2.75, 3.05) is 27.2 Å². The number of hydrogen-bond acceptors (Lipinski definition) is 3. The molecule has 0 radical (unpaired) electrons. The minimum Gasteiger partial charge on any atom is -0.490 e. The van der Waals surface area contributed by atoms with Crippen molar-refractivity contribution in [2.45, 2.75) is 12.5 Å². The van der Waals surface area contributed by atoms with E-state index in [1.165, 1.54) is 0 Å². The van der Waals surface area contributed by atoms with Gasteiger partial charge in [0.2, 0.25) is 0 Å². The lowest BCUT2D eigenvalue weighted by molar-refractivity contribution is 0.104. The van der Waals surface area contributed by atoms with Crippen LogP contribution >= 0.6 is 11.6 Å². The molecule has 3 nitrogen and oxygen atoms in total. The fourth-order valence-electron chi connectivity index (χ4n) is 1.17. The molecule has 0 aliphatic rings. The summed E-state index contributed by atoms with van der Waals surface area (Å²) in [7, 11) is 3.98. The lowest BCUT2D eigenvalue weighted by atomic mass is 10.0. The Balaban J connectivity index is 2.67. The maximum absolute atomic E-state index is 6.01. The third-order valence-corrected chi connectivity index (χ3v) is 3.21. The molecule has 2 N–H and O–H groups in total. The Hall–Kier alpha value is -0.770. The molecule has 1 aromatic rings. The van der Waals surface area contributed by atoms with Gasteiger partial charge in [0.25, 0.3) is 0 Å². The Bertz CT molecular complexity index is 344. The molecule has 0 heterocycles. The molecule has 0 saturated heterocycles. The SMILES string of the molecule is CN(C)C(C)(CN)COc1ccccc1Cl. The van der Waals surface area contributed by atoms with Crippen molar-refractivity contribution in [1.29, 1.82) is 0 Å². The molecule has 0 fully saturated rings. The van der Waals surface area contributed by atoms with Crippen LogP contribution in [0.5, 0.6) is 5.75 Å². The highest BCUT2D eigenvalue weighted by atomic mass is 35.5. The number of hydrogen-bond donors (Lipinski definition) is 1. The number of ether oxygens (including phenoxy) is 1. The van der Waals surface area contributed by atoms with E-state index in [-0.39, 0.29) is 5.54 Å². The van der Waals surface area contributed by atoms with E-state index in [1.54, 1.807) is 0 Å². The Labute approximate surface area is 102 Å². The van der Waals surface area contributed by atoms with Crippen molar-refractivity contribution in [1.82, 2.24) is 4.90 Å².